The van der Waals surface area contributed by atoms with Gasteiger partial charge in [0.05, 0.1) is 5.56 Å². The Morgan fingerprint density at radius 3 is 2.62 bits per heavy atom. The first-order valence-corrected chi connectivity index (χ1v) is 7.62. The molecule has 0 spiro atoms. The lowest BCUT2D eigenvalue weighted by atomic mass is 10.2. The molecule has 0 aliphatic carbocycles. The number of carboxylic acid groups (broad SMARTS) is 1. The van der Waals surface area contributed by atoms with Crippen molar-refractivity contribution in [3.8, 4) is 0 Å². The van der Waals surface area contributed by atoms with Gasteiger partial charge in [0, 0.05) is 24.7 Å². The van der Waals surface area contributed by atoms with E-state index >= 15 is 0 Å². The minimum absolute atomic E-state index is 0.00703. The SMILES string of the molecule is COCCC(C)NC(=O)c1ccccc1SC(C)C(=O)O. The fourth-order valence-electron chi connectivity index (χ4n) is 1.67. The van der Waals surface area contributed by atoms with E-state index in [4.69, 9.17) is 9.84 Å². The summed E-state index contributed by atoms with van der Waals surface area (Å²) in [5.41, 5.74) is 0.500. The second-order valence-electron chi connectivity index (χ2n) is 4.75. The summed E-state index contributed by atoms with van der Waals surface area (Å²) in [6.45, 7) is 4.09. The molecule has 0 aliphatic heterocycles. The molecule has 2 N–H and O–H groups in total. The zero-order valence-corrected chi connectivity index (χ0v) is 13.3. The summed E-state index contributed by atoms with van der Waals surface area (Å²) in [5.74, 6) is -1.09. The molecule has 1 rings (SSSR count). The molecule has 1 amide bonds. The Labute approximate surface area is 129 Å². The maximum atomic E-state index is 12.3. The van der Waals surface area contributed by atoms with Gasteiger partial charge >= 0.3 is 5.97 Å². The smallest absolute Gasteiger partial charge is 0.316 e. The van der Waals surface area contributed by atoms with E-state index in [9.17, 15) is 9.59 Å². The number of thioether (sulfide) groups is 1. The van der Waals surface area contributed by atoms with Crippen molar-refractivity contribution in [1.82, 2.24) is 5.32 Å². The Morgan fingerprint density at radius 2 is 2.00 bits per heavy atom. The van der Waals surface area contributed by atoms with Crippen LogP contribution in [0.15, 0.2) is 29.2 Å². The molecule has 0 bridgehead atoms. The van der Waals surface area contributed by atoms with E-state index in [1.807, 2.05) is 6.92 Å². The van der Waals surface area contributed by atoms with Crippen LogP contribution in [-0.2, 0) is 9.53 Å². The van der Waals surface area contributed by atoms with Gasteiger partial charge in [0.2, 0.25) is 0 Å². The monoisotopic (exact) mass is 311 g/mol. The van der Waals surface area contributed by atoms with Crippen LogP contribution in [0.1, 0.15) is 30.6 Å². The number of carboxylic acids is 1. The Balaban J connectivity index is 2.77. The fraction of sp³-hybridized carbons (Fsp3) is 0.467. The van der Waals surface area contributed by atoms with E-state index < -0.39 is 11.2 Å². The Morgan fingerprint density at radius 1 is 1.33 bits per heavy atom. The third kappa shape index (κ3) is 5.77. The molecular formula is C15H21NO4S. The number of carbonyl (C=O) groups is 2. The van der Waals surface area contributed by atoms with Gasteiger partial charge in [0.25, 0.3) is 5.91 Å². The average molecular weight is 311 g/mol. The summed E-state index contributed by atoms with van der Waals surface area (Å²) in [7, 11) is 1.62. The highest BCUT2D eigenvalue weighted by atomic mass is 32.2. The molecular weight excluding hydrogens is 290 g/mol. The van der Waals surface area contributed by atoms with E-state index in [0.717, 1.165) is 6.42 Å². The van der Waals surface area contributed by atoms with Crippen LogP contribution in [-0.4, -0.2) is 42.0 Å². The van der Waals surface area contributed by atoms with Crippen LogP contribution in [0.3, 0.4) is 0 Å². The van der Waals surface area contributed by atoms with E-state index in [1.165, 1.54) is 11.8 Å². The van der Waals surface area contributed by atoms with Gasteiger partial charge in [-0.05, 0) is 32.4 Å². The van der Waals surface area contributed by atoms with Crippen molar-refractivity contribution in [2.75, 3.05) is 13.7 Å². The predicted molar refractivity (Wildman–Crippen MR) is 82.8 cm³/mol. The molecule has 6 heteroatoms. The number of carbonyl (C=O) groups excluding carboxylic acids is 1. The first kappa shape index (κ1) is 17.5. The zero-order chi connectivity index (χ0) is 15.8. The molecule has 5 nitrogen and oxygen atoms in total. The molecule has 2 unspecified atom stereocenters. The normalized spacial score (nSPS) is 13.5. The number of benzene rings is 1. The minimum atomic E-state index is -0.899. The highest BCUT2D eigenvalue weighted by Crippen LogP contribution is 2.27. The van der Waals surface area contributed by atoms with Crippen LogP contribution in [0.25, 0.3) is 0 Å². The van der Waals surface area contributed by atoms with Gasteiger partial charge in [-0.15, -0.1) is 11.8 Å². The molecule has 0 heterocycles. The molecule has 0 radical (unpaired) electrons. The molecule has 0 fully saturated rings. The molecule has 2 atom stereocenters. The van der Waals surface area contributed by atoms with Crippen LogP contribution >= 0.6 is 11.8 Å². The Bertz CT molecular complexity index is 492. The number of aliphatic carboxylic acids is 1. The number of amides is 1. The largest absolute Gasteiger partial charge is 0.480 e. The first-order valence-electron chi connectivity index (χ1n) is 6.74. The second-order valence-corrected chi connectivity index (χ2v) is 6.13. The van der Waals surface area contributed by atoms with Gasteiger partial charge in [-0.2, -0.15) is 0 Å². The van der Waals surface area contributed by atoms with Crippen LogP contribution in [0, 0.1) is 0 Å². The van der Waals surface area contributed by atoms with Crippen molar-refractivity contribution in [3.63, 3.8) is 0 Å². The molecule has 0 aromatic heterocycles. The number of rotatable bonds is 8. The van der Waals surface area contributed by atoms with Crippen LogP contribution in [0.5, 0.6) is 0 Å². The van der Waals surface area contributed by atoms with E-state index in [1.54, 1.807) is 38.3 Å². The highest BCUT2D eigenvalue weighted by molar-refractivity contribution is 8.00. The van der Waals surface area contributed by atoms with Crippen molar-refractivity contribution < 1.29 is 19.4 Å². The summed E-state index contributed by atoms with van der Waals surface area (Å²) in [6.07, 6.45) is 0.725. The highest BCUT2D eigenvalue weighted by Gasteiger charge is 2.18. The Hall–Kier alpha value is -1.53. The number of ether oxygens (including phenoxy) is 1. The average Bonchev–Trinajstić information content (AvgIpc) is 2.45. The molecule has 0 saturated carbocycles. The lowest BCUT2D eigenvalue weighted by Gasteiger charge is -2.16. The summed E-state index contributed by atoms with van der Waals surface area (Å²) in [5, 5.41) is 11.3. The molecule has 0 saturated heterocycles. The molecule has 21 heavy (non-hydrogen) atoms. The number of hydrogen-bond donors (Lipinski definition) is 2. The third-order valence-corrected chi connectivity index (χ3v) is 4.08. The van der Waals surface area contributed by atoms with Gasteiger partial charge in [0.1, 0.15) is 5.25 Å². The van der Waals surface area contributed by atoms with Crippen LogP contribution in [0.4, 0.5) is 0 Å². The Kier molecular flexibility index (Phi) is 7.25. The number of methoxy groups -OCH3 is 1. The lowest BCUT2D eigenvalue weighted by molar-refractivity contribution is -0.136. The maximum absolute atomic E-state index is 12.3. The summed E-state index contributed by atoms with van der Waals surface area (Å²) in [6, 6.07) is 7.02. The van der Waals surface area contributed by atoms with Crippen molar-refractivity contribution >= 4 is 23.6 Å². The quantitative estimate of drug-likeness (QED) is 0.721. The van der Waals surface area contributed by atoms with Crippen LogP contribution < -0.4 is 5.32 Å². The van der Waals surface area contributed by atoms with Crippen molar-refractivity contribution in [1.29, 1.82) is 0 Å². The lowest BCUT2D eigenvalue weighted by Crippen LogP contribution is -2.33. The molecule has 1 aromatic carbocycles. The van der Waals surface area contributed by atoms with Gasteiger partial charge < -0.3 is 15.2 Å². The maximum Gasteiger partial charge on any atom is 0.316 e. The van der Waals surface area contributed by atoms with Crippen LogP contribution in [0.2, 0.25) is 0 Å². The zero-order valence-electron chi connectivity index (χ0n) is 12.5. The molecule has 1 aromatic rings. The van der Waals surface area contributed by atoms with Gasteiger partial charge in [-0.3, -0.25) is 9.59 Å². The number of hydrogen-bond acceptors (Lipinski definition) is 4. The van der Waals surface area contributed by atoms with Gasteiger partial charge in [-0.25, -0.2) is 0 Å². The van der Waals surface area contributed by atoms with E-state index in [0.29, 0.717) is 17.1 Å². The fourth-order valence-corrected chi connectivity index (χ4v) is 2.59. The third-order valence-electron chi connectivity index (χ3n) is 2.92. The first-order chi connectivity index (χ1) is 9.95. The predicted octanol–water partition coefficient (Wildman–Crippen LogP) is 2.41. The molecule has 116 valence electrons. The van der Waals surface area contributed by atoms with E-state index in [-0.39, 0.29) is 11.9 Å². The van der Waals surface area contributed by atoms with Crippen molar-refractivity contribution in [2.45, 2.75) is 36.5 Å². The summed E-state index contributed by atoms with van der Waals surface area (Å²) < 4.78 is 4.98. The van der Waals surface area contributed by atoms with E-state index in [2.05, 4.69) is 5.32 Å². The molecule has 0 aliphatic rings. The summed E-state index contributed by atoms with van der Waals surface area (Å²) >= 11 is 1.17. The minimum Gasteiger partial charge on any atom is -0.480 e. The van der Waals surface area contributed by atoms with Crippen molar-refractivity contribution in [3.05, 3.63) is 29.8 Å². The second kappa shape index (κ2) is 8.69. The van der Waals surface area contributed by atoms with Gasteiger partial charge in [-0.1, -0.05) is 12.1 Å². The summed E-state index contributed by atoms with van der Waals surface area (Å²) in [4.78, 5) is 23.9. The van der Waals surface area contributed by atoms with Gasteiger partial charge in [0.15, 0.2) is 0 Å². The number of nitrogens with one attached hydrogen (secondary N) is 1. The van der Waals surface area contributed by atoms with Crippen molar-refractivity contribution in [2.24, 2.45) is 0 Å². The topological polar surface area (TPSA) is 75.6 Å². The standard InChI is InChI=1S/C15H21NO4S/c1-10(8-9-20-3)16-14(17)12-6-4-5-7-13(12)21-11(2)15(18)19/h4-7,10-11H,8-9H2,1-3H3,(H,16,17)(H,18,19).